The van der Waals surface area contributed by atoms with Gasteiger partial charge >= 0.3 is 0 Å². The smallest absolute Gasteiger partial charge is 0.149 e. The Balaban J connectivity index is 1.70. The van der Waals surface area contributed by atoms with Gasteiger partial charge in [0.1, 0.15) is 17.8 Å². The van der Waals surface area contributed by atoms with E-state index in [0.29, 0.717) is 6.54 Å². The number of nitrogens with one attached hydrogen (secondary N) is 1. The molecule has 1 N–H and O–H groups in total. The summed E-state index contributed by atoms with van der Waals surface area (Å²) < 4.78 is 3.94. The zero-order chi connectivity index (χ0) is 13.2. The van der Waals surface area contributed by atoms with Crippen molar-refractivity contribution in [3.05, 3.63) is 48.4 Å². The summed E-state index contributed by atoms with van der Waals surface area (Å²) in [4.78, 5) is 4.55. The highest BCUT2D eigenvalue weighted by atomic mass is 15.3. The molecule has 0 saturated carbocycles. The average molecular weight is 256 g/mol. The van der Waals surface area contributed by atoms with Crippen molar-refractivity contribution in [2.24, 2.45) is 7.05 Å². The fourth-order valence-corrected chi connectivity index (χ4v) is 2.11. The predicted octanol–water partition coefficient (Wildman–Crippen LogP) is 1.31. The van der Waals surface area contributed by atoms with Crippen LogP contribution in [0, 0.1) is 0 Å². The Morgan fingerprint density at radius 2 is 2.26 bits per heavy atom. The second-order valence-corrected chi connectivity index (χ2v) is 4.60. The normalized spacial score (nSPS) is 12.9. The van der Waals surface area contributed by atoms with Crippen LogP contribution in [0.1, 0.15) is 24.5 Å². The van der Waals surface area contributed by atoms with E-state index in [1.54, 1.807) is 6.33 Å². The van der Waals surface area contributed by atoms with Crippen molar-refractivity contribution in [2.75, 3.05) is 0 Å². The number of hydrogen-bond acceptors (Lipinski definition) is 4. The lowest BCUT2D eigenvalue weighted by Crippen LogP contribution is -2.21. The highest BCUT2D eigenvalue weighted by molar-refractivity contribution is 5.39. The maximum Gasteiger partial charge on any atom is 0.149 e. The summed E-state index contributed by atoms with van der Waals surface area (Å²) in [5.41, 5.74) is 1.98. The Labute approximate surface area is 111 Å². The lowest BCUT2D eigenvalue weighted by Gasteiger charge is -2.11. The molecule has 1 atom stereocenters. The van der Waals surface area contributed by atoms with Crippen LogP contribution >= 0.6 is 0 Å². The number of aryl methyl sites for hydroxylation is 1. The summed E-state index contributed by atoms with van der Waals surface area (Å²) in [5.74, 6) is 0.920. The summed E-state index contributed by atoms with van der Waals surface area (Å²) >= 11 is 0. The monoisotopic (exact) mass is 256 g/mol. The Morgan fingerprint density at radius 1 is 1.37 bits per heavy atom. The van der Waals surface area contributed by atoms with Crippen molar-refractivity contribution in [1.82, 2.24) is 29.5 Å². The minimum atomic E-state index is 0.136. The SMILES string of the molecule is CC(NCc1cn2ccccc2n1)c1nncn1C. The van der Waals surface area contributed by atoms with Gasteiger partial charge in [-0.3, -0.25) is 0 Å². The Bertz CT molecular complexity index is 650. The highest BCUT2D eigenvalue weighted by Gasteiger charge is 2.11. The zero-order valence-electron chi connectivity index (χ0n) is 11.0. The molecule has 0 saturated heterocycles. The molecule has 3 aromatic heterocycles. The van der Waals surface area contributed by atoms with Gasteiger partial charge in [0.2, 0.25) is 0 Å². The van der Waals surface area contributed by atoms with E-state index in [-0.39, 0.29) is 6.04 Å². The Kier molecular flexibility index (Phi) is 3.00. The molecule has 3 rings (SSSR count). The van der Waals surface area contributed by atoms with Gasteiger partial charge in [-0.25, -0.2) is 4.98 Å². The number of nitrogens with zero attached hydrogens (tertiary/aromatic N) is 5. The van der Waals surface area contributed by atoms with E-state index < -0.39 is 0 Å². The van der Waals surface area contributed by atoms with Crippen LogP contribution in [-0.2, 0) is 13.6 Å². The van der Waals surface area contributed by atoms with Gasteiger partial charge in [-0.05, 0) is 19.1 Å². The van der Waals surface area contributed by atoms with Gasteiger partial charge in [-0.15, -0.1) is 10.2 Å². The standard InChI is InChI=1S/C13H16N6/c1-10(13-17-15-9-18(13)2)14-7-11-8-19-6-4-3-5-12(19)16-11/h3-6,8-10,14H,7H2,1-2H3. The van der Waals surface area contributed by atoms with Crippen molar-refractivity contribution in [2.45, 2.75) is 19.5 Å². The number of imidazole rings is 1. The van der Waals surface area contributed by atoms with E-state index in [0.717, 1.165) is 17.2 Å². The molecule has 1 unspecified atom stereocenters. The van der Waals surface area contributed by atoms with E-state index in [9.17, 15) is 0 Å². The van der Waals surface area contributed by atoms with E-state index in [2.05, 4.69) is 27.4 Å². The molecule has 3 heterocycles. The summed E-state index contributed by atoms with van der Waals surface area (Å²) in [5, 5.41) is 11.4. The topological polar surface area (TPSA) is 60.0 Å². The molecule has 98 valence electrons. The second-order valence-electron chi connectivity index (χ2n) is 4.60. The number of aromatic nitrogens is 5. The summed E-state index contributed by atoms with van der Waals surface area (Å²) in [7, 11) is 1.94. The molecule has 0 spiro atoms. The molecule has 19 heavy (non-hydrogen) atoms. The first-order valence-electron chi connectivity index (χ1n) is 6.24. The van der Waals surface area contributed by atoms with Gasteiger partial charge in [-0.2, -0.15) is 0 Å². The molecule has 0 radical (unpaired) electrons. The molecule has 0 aliphatic carbocycles. The van der Waals surface area contributed by atoms with E-state index in [1.165, 1.54) is 0 Å². The fraction of sp³-hybridized carbons (Fsp3) is 0.308. The zero-order valence-corrected chi connectivity index (χ0v) is 11.0. The molecule has 0 amide bonds. The van der Waals surface area contributed by atoms with Crippen LogP contribution in [0.3, 0.4) is 0 Å². The van der Waals surface area contributed by atoms with Crippen LogP contribution in [-0.4, -0.2) is 24.1 Å². The first-order valence-corrected chi connectivity index (χ1v) is 6.24. The minimum Gasteiger partial charge on any atom is -0.319 e. The molecule has 0 bridgehead atoms. The molecule has 6 nitrogen and oxygen atoms in total. The van der Waals surface area contributed by atoms with Crippen LogP contribution in [0.5, 0.6) is 0 Å². The van der Waals surface area contributed by atoms with E-state index >= 15 is 0 Å². The molecular formula is C13H16N6. The van der Waals surface area contributed by atoms with Crippen molar-refractivity contribution in [1.29, 1.82) is 0 Å². The van der Waals surface area contributed by atoms with Crippen LogP contribution in [0.25, 0.3) is 5.65 Å². The second kappa shape index (κ2) is 4.81. The third-order valence-electron chi connectivity index (χ3n) is 3.14. The molecule has 0 aliphatic heterocycles. The maximum atomic E-state index is 4.55. The molecule has 3 aromatic rings. The summed E-state index contributed by atoms with van der Waals surface area (Å²) in [6, 6.07) is 6.11. The lowest BCUT2D eigenvalue weighted by atomic mass is 10.3. The average Bonchev–Trinajstić information content (AvgIpc) is 3.01. The molecule has 0 aromatic carbocycles. The number of fused-ring (bicyclic) bond motifs is 1. The van der Waals surface area contributed by atoms with Crippen molar-refractivity contribution >= 4 is 5.65 Å². The van der Waals surface area contributed by atoms with Crippen molar-refractivity contribution in [3.63, 3.8) is 0 Å². The third-order valence-corrected chi connectivity index (χ3v) is 3.14. The summed E-state index contributed by atoms with van der Waals surface area (Å²) in [6.07, 6.45) is 5.74. The highest BCUT2D eigenvalue weighted by Crippen LogP contribution is 2.09. The molecule has 0 fully saturated rings. The number of pyridine rings is 1. The molecule has 0 aliphatic rings. The lowest BCUT2D eigenvalue weighted by molar-refractivity contribution is 0.524. The van der Waals surface area contributed by atoms with Gasteiger partial charge in [0, 0.05) is 26.0 Å². The molecular weight excluding hydrogens is 240 g/mol. The van der Waals surface area contributed by atoms with E-state index in [4.69, 9.17) is 0 Å². The maximum absolute atomic E-state index is 4.55. The molecule has 6 heteroatoms. The third kappa shape index (κ3) is 2.34. The predicted molar refractivity (Wildman–Crippen MR) is 71.4 cm³/mol. The van der Waals surface area contributed by atoms with Gasteiger partial charge in [0.25, 0.3) is 0 Å². The number of rotatable bonds is 4. The van der Waals surface area contributed by atoms with Crippen LogP contribution in [0.4, 0.5) is 0 Å². The van der Waals surface area contributed by atoms with Gasteiger partial charge in [-0.1, -0.05) is 6.07 Å². The van der Waals surface area contributed by atoms with Crippen LogP contribution in [0.2, 0.25) is 0 Å². The number of hydrogen-bond donors (Lipinski definition) is 1. The van der Waals surface area contributed by atoms with Crippen molar-refractivity contribution in [3.8, 4) is 0 Å². The Hall–Kier alpha value is -2.21. The van der Waals surface area contributed by atoms with E-state index in [1.807, 2.05) is 46.6 Å². The van der Waals surface area contributed by atoms with Gasteiger partial charge in [0.15, 0.2) is 0 Å². The summed E-state index contributed by atoms with van der Waals surface area (Å²) in [6.45, 7) is 2.77. The quantitative estimate of drug-likeness (QED) is 0.764. The Morgan fingerprint density at radius 3 is 3.00 bits per heavy atom. The van der Waals surface area contributed by atoms with Crippen LogP contribution in [0.15, 0.2) is 36.9 Å². The first-order chi connectivity index (χ1) is 9.24. The minimum absolute atomic E-state index is 0.136. The van der Waals surface area contributed by atoms with Crippen molar-refractivity contribution < 1.29 is 0 Å². The van der Waals surface area contributed by atoms with Gasteiger partial charge in [0.05, 0.1) is 11.7 Å². The van der Waals surface area contributed by atoms with Crippen LogP contribution < -0.4 is 5.32 Å². The van der Waals surface area contributed by atoms with Gasteiger partial charge < -0.3 is 14.3 Å². The first kappa shape index (κ1) is 11.9. The largest absolute Gasteiger partial charge is 0.319 e. The fourth-order valence-electron chi connectivity index (χ4n) is 2.11.